The lowest BCUT2D eigenvalue weighted by Gasteiger charge is -2.29. The van der Waals surface area contributed by atoms with Crippen molar-refractivity contribution in [2.75, 3.05) is 33.4 Å². The van der Waals surface area contributed by atoms with Crippen LogP contribution in [0.4, 0.5) is 0 Å². The predicted molar refractivity (Wildman–Crippen MR) is 106 cm³/mol. The molecule has 5 nitrogen and oxygen atoms in total. The number of carbonyl (C=O) groups excluding carboxylic acids is 1. The first kappa shape index (κ1) is 19.5. The second-order valence-electron chi connectivity index (χ2n) is 6.55. The summed E-state index contributed by atoms with van der Waals surface area (Å²) in [5.74, 6) is 1.23. The van der Waals surface area contributed by atoms with E-state index in [4.69, 9.17) is 21.1 Å². The number of amides is 1. The fourth-order valence-electron chi connectivity index (χ4n) is 3.32. The average Bonchev–Trinajstić information content (AvgIpc) is 3.23. The van der Waals surface area contributed by atoms with E-state index in [1.54, 1.807) is 31.4 Å². The second kappa shape index (κ2) is 9.62. The third-order valence-corrected chi connectivity index (χ3v) is 5.11. The first-order valence-electron chi connectivity index (χ1n) is 9.19. The molecule has 2 aromatic carbocycles. The van der Waals surface area contributed by atoms with E-state index < -0.39 is 0 Å². The standard InChI is InChI=1S/C21H25ClN2O3/c1-26-16-8-10-17(11-9-16)27-15-21(25)23-14-20(24-12-4-5-13-24)18-6-2-3-7-19(18)22/h2-3,6-11,20H,4-5,12-15H2,1H3,(H,23,25)/t20-/m1/s1. The van der Waals surface area contributed by atoms with Crippen LogP contribution in [0.3, 0.4) is 0 Å². The highest BCUT2D eigenvalue weighted by molar-refractivity contribution is 6.31. The van der Waals surface area contributed by atoms with E-state index in [9.17, 15) is 4.79 Å². The highest BCUT2D eigenvalue weighted by Gasteiger charge is 2.25. The molecule has 3 rings (SSSR count). The summed E-state index contributed by atoms with van der Waals surface area (Å²) >= 11 is 6.40. The molecule has 27 heavy (non-hydrogen) atoms. The van der Waals surface area contributed by atoms with Crippen molar-refractivity contribution in [1.82, 2.24) is 10.2 Å². The maximum atomic E-state index is 12.3. The Morgan fingerprint density at radius 2 is 1.78 bits per heavy atom. The molecule has 0 spiro atoms. The van der Waals surface area contributed by atoms with Crippen LogP contribution < -0.4 is 14.8 Å². The molecule has 1 aliphatic heterocycles. The zero-order valence-electron chi connectivity index (χ0n) is 15.5. The van der Waals surface area contributed by atoms with Crippen molar-refractivity contribution in [3.05, 3.63) is 59.1 Å². The molecule has 0 aliphatic carbocycles. The van der Waals surface area contributed by atoms with Crippen molar-refractivity contribution in [2.24, 2.45) is 0 Å². The molecular weight excluding hydrogens is 364 g/mol. The van der Waals surface area contributed by atoms with Gasteiger partial charge in [-0.25, -0.2) is 0 Å². The van der Waals surface area contributed by atoms with Crippen LogP contribution in [0, 0.1) is 0 Å². The van der Waals surface area contributed by atoms with Crippen LogP contribution in [-0.4, -0.2) is 44.2 Å². The Hall–Kier alpha value is -2.24. The molecule has 0 bridgehead atoms. The molecule has 2 aromatic rings. The number of halogens is 1. The molecule has 0 unspecified atom stereocenters. The third kappa shape index (κ3) is 5.37. The van der Waals surface area contributed by atoms with Crippen LogP contribution >= 0.6 is 11.6 Å². The van der Waals surface area contributed by atoms with E-state index in [-0.39, 0.29) is 18.6 Å². The zero-order chi connectivity index (χ0) is 19.1. The number of nitrogens with one attached hydrogen (secondary N) is 1. The Kier molecular flexibility index (Phi) is 6.96. The fraction of sp³-hybridized carbons (Fsp3) is 0.381. The summed E-state index contributed by atoms with van der Waals surface area (Å²) in [7, 11) is 1.61. The topological polar surface area (TPSA) is 50.8 Å². The van der Waals surface area contributed by atoms with Crippen LogP contribution in [0.5, 0.6) is 11.5 Å². The number of carbonyl (C=O) groups is 1. The number of hydrogen-bond donors (Lipinski definition) is 1. The van der Waals surface area contributed by atoms with Gasteiger partial charge in [-0.15, -0.1) is 0 Å². The number of likely N-dealkylation sites (tertiary alicyclic amines) is 1. The van der Waals surface area contributed by atoms with E-state index in [2.05, 4.69) is 10.2 Å². The quantitative estimate of drug-likeness (QED) is 0.749. The van der Waals surface area contributed by atoms with Gasteiger partial charge in [-0.3, -0.25) is 9.69 Å². The van der Waals surface area contributed by atoms with Gasteiger partial charge in [-0.1, -0.05) is 29.8 Å². The lowest BCUT2D eigenvalue weighted by Crippen LogP contribution is -2.38. The molecule has 0 saturated carbocycles. The Morgan fingerprint density at radius 3 is 2.44 bits per heavy atom. The van der Waals surface area contributed by atoms with Crippen LogP contribution in [0.15, 0.2) is 48.5 Å². The largest absolute Gasteiger partial charge is 0.497 e. The molecule has 1 aliphatic rings. The molecule has 1 fully saturated rings. The SMILES string of the molecule is COc1ccc(OCC(=O)NC[C@H](c2ccccc2Cl)N2CCCC2)cc1. The smallest absolute Gasteiger partial charge is 0.258 e. The molecule has 1 atom stereocenters. The van der Waals surface area contributed by atoms with Gasteiger partial charge in [0.05, 0.1) is 13.2 Å². The Balaban J connectivity index is 1.56. The maximum Gasteiger partial charge on any atom is 0.258 e. The van der Waals surface area contributed by atoms with E-state index in [1.807, 2.05) is 24.3 Å². The lowest BCUT2D eigenvalue weighted by molar-refractivity contribution is -0.123. The second-order valence-corrected chi connectivity index (χ2v) is 6.96. The van der Waals surface area contributed by atoms with Gasteiger partial charge in [0.2, 0.25) is 0 Å². The van der Waals surface area contributed by atoms with Gasteiger partial charge in [0, 0.05) is 11.6 Å². The summed E-state index contributed by atoms with van der Waals surface area (Å²) in [4.78, 5) is 14.6. The monoisotopic (exact) mass is 388 g/mol. The van der Waals surface area contributed by atoms with Crippen molar-refractivity contribution in [2.45, 2.75) is 18.9 Å². The predicted octanol–water partition coefficient (Wildman–Crippen LogP) is 3.68. The van der Waals surface area contributed by atoms with E-state index in [0.717, 1.165) is 29.4 Å². The van der Waals surface area contributed by atoms with Crippen molar-refractivity contribution in [1.29, 1.82) is 0 Å². The molecule has 144 valence electrons. The lowest BCUT2D eigenvalue weighted by atomic mass is 10.1. The number of hydrogen-bond acceptors (Lipinski definition) is 4. The minimum atomic E-state index is -0.151. The van der Waals surface area contributed by atoms with Gasteiger partial charge < -0.3 is 14.8 Å². The summed E-state index contributed by atoms with van der Waals surface area (Å²) in [6.45, 7) is 2.53. The minimum Gasteiger partial charge on any atom is -0.497 e. The number of methoxy groups -OCH3 is 1. The number of rotatable bonds is 8. The zero-order valence-corrected chi connectivity index (χ0v) is 16.2. The van der Waals surface area contributed by atoms with Crippen LogP contribution in [0.2, 0.25) is 5.02 Å². The van der Waals surface area contributed by atoms with E-state index in [0.29, 0.717) is 12.3 Å². The normalized spacial score (nSPS) is 15.3. The van der Waals surface area contributed by atoms with Crippen LogP contribution in [0.1, 0.15) is 24.4 Å². The molecule has 1 saturated heterocycles. The third-order valence-electron chi connectivity index (χ3n) is 4.77. The minimum absolute atomic E-state index is 0.0262. The van der Waals surface area contributed by atoms with Crippen LogP contribution in [0.25, 0.3) is 0 Å². The van der Waals surface area contributed by atoms with Gasteiger partial charge in [0.15, 0.2) is 6.61 Å². The molecular formula is C21H25ClN2O3. The summed E-state index contributed by atoms with van der Waals surface area (Å²) in [6.07, 6.45) is 2.35. The fourth-order valence-corrected chi connectivity index (χ4v) is 3.58. The highest BCUT2D eigenvalue weighted by Crippen LogP contribution is 2.29. The number of nitrogens with zero attached hydrogens (tertiary/aromatic N) is 1. The summed E-state index contributed by atoms with van der Waals surface area (Å²) in [5, 5.41) is 3.72. The molecule has 1 N–H and O–H groups in total. The Labute approximate surface area is 165 Å². The molecule has 6 heteroatoms. The van der Waals surface area contributed by atoms with E-state index >= 15 is 0 Å². The first-order chi connectivity index (χ1) is 13.2. The molecule has 0 aromatic heterocycles. The van der Waals surface area contributed by atoms with Crippen molar-refractivity contribution < 1.29 is 14.3 Å². The Morgan fingerprint density at radius 1 is 1.11 bits per heavy atom. The summed E-state index contributed by atoms with van der Waals surface area (Å²) in [5.41, 5.74) is 1.05. The number of ether oxygens (including phenoxy) is 2. The first-order valence-corrected chi connectivity index (χ1v) is 9.57. The van der Waals surface area contributed by atoms with Gasteiger partial charge in [0.1, 0.15) is 11.5 Å². The van der Waals surface area contributed by atoms with Gasteiger partial charge in [-0.2, -0.15) is 0 Å². The van der Waals surface area contributed by atoms with E-state index in [1.165, 1.54) is 12.8 Å². The summed E-state index contributed by atoms with van der Waals surface area (Å²) < 4.78 is 10.7. The average molecular weight is 389 g/mol. The van der Waals surface area contributed by atoms with Gasteiger partial charge >= 0.3 is 0 Å². The van der Waals surface area contributed by atoms with Crippen molar-refractivity contribution >= 4 is 17.5 Å². The van der Waals surface area contributed by atoms with Gasteiger partial charge in [0.25, 0.3) is 5.91 Å². The summed E-state index contributed by atoms with van der Waals surface area (Å²) in [6, 6.07) is 15.1. The Bertz CT molecular complexity index is 745. The number of benzene rings is 2. The molecule has 0 radical (unpaired) electrons. The van der Waals surface area contributed by atoms with Crippen molar-refractivity contribution in [3.8, 4) is 11.5 Å². The maximum absolute atomic E-state index is 12.3. The molecule has 1 heterocycles. The van der Waals surface area contributed by atoms with Crippen LogP contribution in [-0.2, 0) is 4.79 Å². The molecule has 1 amide bonds. The highest BCUT2D eigenvalue weighted by atomic mass is 35.5. The van der Waals surface area contributed by atoms with Gasteiger partial charge in [-0.05, 0) is 61.8 Å². The van der Waals surface area contributed by atoms with Crippen molar-refractivity contribution in [3.63, 3.8) is 0 Å².